The van der Waals surface area contributed by atoms with E-state index in [0.717, 1.165) is 20.8 Å². The highest BCUT2D eigenvalue weighted by Gasteiger charge is 2.13. The molecule has 122 valence electrons. The summed E-state index contributed by atoms with van der Waals surface area (Å²) in [5.41, 5.74) is 2.39. The number of carbonyl (C=O) groups is 1. The average molecular weight is 378 g/mol. The van der Waals surface area contributed by atoms with E-state index < -0.39 is 5.97 Å². The molecular formula is C18H13Cl2NO2S. The number of para-hydroxylation sites is 1. The van der Waals surface area contributed by atoms with Crippen LogP contribution in [0.4, 0.5) is 0 Å². The summed E-state index contributed by atoms with van der Waals surface area (Å²) in [6.07, 6.45) is 2.21. The van der Waals surface area contributed by atoms with Gasteiger partial charge in [0.15, 0.2) is 0 Å². The summed E-state index contributed by atoms with van der Waals surface area (Å²) in [5.74, 6) is -0.854. The van der Waals surface area contributed by atoms with Crippen molar-refractivity contribution in [3.63, 3.8) is 0 Å². The van der Waals surface area contributed by atoms with E-state index in [1.807, 2.05) is 30.3 Å². The summed E-state index contributed by atoms with van der Waals surface area (Å²) in [4.78, 5) is 15.6. The quantitative estimate of drug-likeness (QED) is 0.592. The summed E-state index contributed by atoms with van der Waals surface area (Å²) in [6.45, 7) is 0. The van der Waals surface area contributed by atoms with E-state index in [1.165, 1.54) is 11.3 Å². The lowest BCUT2D eigenvalue weighted by molar-refractivity contribution is -0.136. The van der Waals surface area contributed by atoms with Crippen molar-refractivity contribution < 1.29 is 9.90 Å². The Morgan fingerprint density at radius 2 is 1.79 bits per heavy atom. The van der Waals surface area contributed by atoms with Gasteiger partial charge in [0.25, 0.3) is 0 Å². The van der Waals surface area contributed by atoms with Crippen molar-refractivity contribution in [1.82, 2.24) is 4.98 Å². The number of carboxylic acid groups (broad SMARTS) is 1. The summed E-state index contributed by atoms with van der Waals surface area (Å²) in [5, 5.41) is 10.9. The molecule has 0 saturated carbocycles. The molecule has 3 rings (SSSR count). The first-order valence-electron chi connectivity index (χ1n) is 7.27. The van der Waals surface area contributed by atoms with Crippen molar-refractivity contribution in [3.05, 3.63) is 63.1 Å². The Hall–Kier alpha value is -1.88. The second-order valence-corrected chi connectivity index (χ2v) is 7.03. The van der Waals surface area contributed by atoms with Gasteiger partial charge in [0.2, 0.25) is 0 Å². The maximum Gasteiger partial charge on any atom is 0.303 e. The molecule has 0 radical (unpaired) electrons. The van der Waals surface area contributed by atoms with Crippen LogP contribution < -0.4 is 0 Å². The minimum absolute atomic E-state index is 0.0177. The third kappa shape index (κ3) is 3.78. The molecule has 2 aromatic carbocycles. The lowest BCUT2D eigenvalue weighted by Gasteiger charge is -2.06. The number of rotatable bonds is 5. The van der Waals surface area contributed by atoms with Crippen molar-refractivity contribution in [2.45, 2.75) is 12.8 Å². The van der Waals surface area contributed by atoms with Crippen molar-refractivity contribution in [2.75, 3.05) is 0 Å². The van der Waals surface area contributed by atoms with Gasteiger partial charge in [-0.1, -0.05) is 41.4 Å². The minimum Gasteiger partial charge on any atom is -0.481 e. The first-order valence-corrected chi connectivity index (χ1v) is 8.84. The SMILES string of the molecule is O=C(O)CCC(=Cc1c(Cl)cccc1Cl)c1nc2ccccc2s1. The van der Waals surface area contributed by atoms with E-state index in [1.54, 1.807) is 18.2 Å². The van der Waals surface area contributed by atoms with E-state index in [4.69, 9.17) is 28.3 Å². The standard InChI is InChI=1S/C18H13Cl2NO2S/c19-13-4-3-5-14(20)12(13)10-11(8-9-17(22)23)18-21-15-6-1-2-7-16(15)24-18/h1-7,10H,8-9H2,(H,22,23). The first kappa shape index (κ1) is 17.0. The molecule has 0 fully saturated rings. The molecule has 0 bridgehead atoms. The maximum atomic E-state index is 11.0. The van der Waals surface area contributed by atoms with Gasteiger partial charge in [-0.3, -0.25) is 4.79 Å². The van der Waals surface area contributed by atoms with Crippen LogP contribution in [0.1, 0.15) is 23.4 Å². The monoisotopic (exact) mass is 377 g/mol. The molecule has 0 amide bonds. The molecule has 0 aliphatic rings. The number of benzene rings is 2. The molecule has 3 aromatic rings. The molecule has 24 heavy (non-hydrogen) atoms. The summed E-state index contributed by atoms with van der Waals surface area (Å²) < 4.78 is 1.05. The molecule has 3 nitrogen and oxygen atoms in total. The second-order valence-electron chi connectivity index (χ2n) is 5.19. The predicted octanol–water partition coefficient (Wildman–Crippen LogP) is 6.01. The number of hydrogen-bond donors (Lipinski definition) is 1. The molecular weight excluding hydrogens is 365 g/mol. The Kier molecular flexibility index (Phi) is 5.19. The van der Waals surface area contributed by atoms with E-state index >= 15 is 0 Å². The maximum absolute atomic E-state index is 11.0. The number of allylic oxidation sites excluding steroid dienone is 1. The topological polar surface area (TPSA) is 50.2 Å². The number of halogens is 2. The van der Waals surface area contributed by atoms with Crippen LogP contribution >= 0.6 is 34.5 Å². The zero-order chi connectivity index (χ0) is 17.1. The van der Waals surface area contributed by atoms with E-state index in [2.05, 4.69) is 4.98 Å². The van der Waals surface area contributed by atoms with Crippen molar-refractivity contribution >= 4 is 62.4 Å². The van der Waals surface area contributed by atoms with Crippen LogP contribution in [0.25, 0.3) is 21.9 Å². The van der Waals surface area contributed by atoms with Crippen LogP contribution in [0.15, 0.2) is 42.5 Å². The number of nitrogens with zero attached hydrogens (tertiary/aromatic N) is 1. The van der Waals surface area contributed by atoms with Crippen molar-refractivity contribution in [3.8, 4) is 0 Å². The average Bonchev–Trinajstić information content (AvgIpc) is 2.97. The molecule has 1 aromatic heterocycles. The Balaban J connectivity index is 2.08. The fourth-order valence-electron chi connectivity index (χ4n) is 2.31. The van der Waals surface area contributed by atoms with Gasteiger partial charge in [-0.25, -0.2) is 4.98 Å². The molecule has 6 heteroatoms. The number of fused-ring (bicyclic) bond motifs is 1. The highest BCUT2D eigenvalue weighted by Crippen LogP contribution is 2.34. The van der Waals surface area contributed by atoms with Crippen LogP contribution in [-0.4, -0.2) is 16.1 Å². The highest BCUT2D eigenvalue weighted by atomic mass is 35.5. The third-order valence-corrected chi connectivity index (χ3v) is 5.27. The highest BCUT2D eigenvalue weighted by molar-refractivity contribution is 7.19. The van der Waals surface area contributed by atoms with E-state index in [-0.39, 0.29) is 6.42 Å². The number of hydrogen-bond acceptors (Lipinski definition) is 3. The molecule has 0 aliphatic heterocycles. The molecule has 0 unspecified atom stereocenters. The van der Waals surface area contributed by atoms with Gasteiger partial charge in [-0.05, 0) is 42.3 Å². The van der Waals surface area contributed by atoms with Gasteiger partial charge in [0.1, 0.15) is 5.01 Å². The first-order chi connectivity index (χ1) is 11.5. The van der Waals surface area contributed by atoms with Gasteiger partial charge >= 0.3 is 5.97 Å². The molecule has 1 N–H and O–H groups in total. The second kappa shape index (κ2) is 7.34. The normalized spacial score (nSPS) is 11.8. The lowest BCUT2D eigenvalue weighted by Crippen LogP contribution is -1.95. The fraction of sp³-hybridized carbons (Fsp3) is 0.111. The zero-order valence-corrected chi connectivity index (χ0v) is 14.8. The third-order valence-electron chi connectivity index (χ3n) is 3.50. The summed E-state index contributed by atoms with van der Waals surface area (Å²) in [7, 11) is 0. The van der Waals surface area contributed by atoms with Crippen LogP contribution in [0.5, 0.6) is 0 Å². The van der Waals surface area contributed by atoms with Crippen LogP contribution in [0.3, 0.4) is 0 Å². The van der Waals surface area contributed by atoms with Crippen LogP contribution in [-0.2, 0) is 4.79 Å². The number of thiazole rings is 1. The molecule has 0 aliphatic carbocycles. The smallest absolute Gasteiger partial charge is 0.303 e. The Morgan fingerprint density at radius 1 is 1.08 bits per heavy atom. The number of aromatic nitrogens is 1. The van der Waals surface area contributed by atoms with Crippen molar-refractivity contribution in [2.24, 2.45) is 0 Å². The lowest BCUT2D eigenvalue weighted by atomic mass is 10.1. The molecule has 1 heterocycles. The molecule has 0 spiro atoms. The summed E-state index contributed by atoms with van der Waals surface area (Å²) in [6, 6.07) is 13.1. The van der Waals surface area contributed by atoms with Crippen molar-refractivity contribution in [1.29, 1.82) is 0 Å². The number of aliphatic carboxylic acids is 1. The van der Waals surface area contributed by atoms with Crippen LogP contribution in [0.2, 0.25) is 10.0 Å². The minimum atomic E-state index is -0.854. The van der Waals surface area contributed by atoms with Gasteiger partial charge in [0, 0.05) is 22.0 Å². The van der Waals surface area contributed by atoms with Gasteiger partial charge in [-0.2, -0.15) is 0 Å². The molecule has 0 atom stereocenters. The van der Waals surface area contributed by atoms with Gasteiger partial charge in [0.05, 0.1) is 10.2 Å². The predicted molar refractivity (Wildman–Crippen MR) is 101 cm³/mol. The Morgan fingerprint density at radius 3 is 2.46 bits per heavy atom. The Bertz CT molecular complexity index is 880. The van der Waals surface area contributed by atoms with Gasteiger partial charge < -0.3 is 5.11 Å². The van der Waals surface area contributed by atoms with Crippen LogP contribution in [0, 0.1) is 0 Å². The van der Waals surface area contributed by atoms with E-state index in [9.17, 15) is 4.79 Å². The summed E-state index contributed by atoms with van der Waals surface area (Å²) >= 11 is 14.0. The largest absolute Gasteiger partial charge is 0.481 e. The fourth-order valence-corrected chi connectivity index (χ4v) is 3.83. The number of carboxylic acids is 1. The molecule has 0 saturated heterocycles. The van der Waals surface area contributed by atoms with E-state index in [0.29, 0.717) is 22.0 Å². The zero-order valence-electron chi connectivity index (χ0n) is 12.5. The van der Waals surface area contributed by atoms with Gasteiger partial charge in [-0.15, -0.1) is 11.3 Å². The Labute approximate surface area is 153 Å².